The summed E-state index contributed by atoms with van der Waals surface area (Å²) in [4.78, 5) is 0. The van der Waals surface area contributed by atoms with Crippen molar-refractivity contribution in [3.05, 3.63) is 56.5 Å². The molecule has 0 radical (unpaired) electrons. The van der Waals surface area contributed by atoms with Crippen LogP contribution in [0.4, 0.5) is 13.2 Å². The molecule has 126 valence electrons. The second-order valence-corrected chi connectivity index (χ2v) is 6.19. The second-order valence-electron chi connectivity index (χ2n) is 4.42. The van der Waals surface area contributed by atoms with Gasteiger partial charge in [0.15, 0.2) is 0 Å². The summed E-state index contributed by atoms with van der Waals surface area (Å²) in [5.41, 5.74) is 7.04. The summed E-state index contributed by atoms with van der Waals surface area (Å²) in [6.07, 6.45) is -4.74. The van der Waals surface area contributed by atoms with Crippen LogP contribution in [0.15, 0.2) is 45.3 Å². The van der Waals surface area contributed by atoms with Crippen molar-refractivity contribution in [2.24, 2.45) is 5.73 Å². The molecule has 0 bridgehead atoms. The van der Waals surface area contributed by atoms with Gasteiger partial charge in [-0.2, -0.15) is 0 Å². The van der Waals surface area contributed by atoms with Gasteiger partial charge in [0.2, 0.25) is 0 Å². The first-order valence-electron chi connectivity index (χ1n) is 5.96. The third kappa shape index (κ3) is 5.27. The number of phenols is 1. The first-order valence-corrected chi connectivity index (χ1v) is 7.55. The van der Waals surface area contributed by atoms with Crippen molar-refractivity contribution >= 4 is 44.3 Å². The van der Waals surface area contributed by atoms with Crippen LogP contribution in [0.25, 0.3) is 0 Å². The predicted octanol–water partition coefficient (Wildman–Crippen LogP) is 5.29. The molecule has 9 heteroatoms. The lowest BCUT2D eigenvalue weighted by Crippen LogP contribution is -2.17. The van der Waals surface area contributed by atoms with Crippen molar-refractivity contribution in [3.8, 4) is 11.5 Å². The van der Waals surface area contributed by atoms with Crippen molar-refractivity contribution in [1.82, 2.24) is 0 Å². The van der Waals surface area contributed by atoms with Crippen LogP contribution in [0, 0.1) is 0 Å². The van der Waals surface area contributed by atoms with E-state index >= 15 is 0 Å². The van der Waals surface area contributed by atoms with Crippen LogP contribution in [0.3, 0.4) is 0 Å². The molecule has 2 rings (SSSR count). The van der Waals surface area contributed by atoms with Crippen molar-refractivity contribution < 1.29 is 23.0 Å². The number of hydrogen-bond acceptors (Lipinski definition) is 3. The Morgan fingerprint density at radius 3 is 2.17 bits per heavy atom. The maximum atomic E-state index is 12.1. The van der Waals surface area contributed by atoms with E-state index in [0.29, 0.717) is 20.1 Å². The number of ether oxygens (including phenoxy) is 1. The van der Waals surface area contributed by atoms with E-state index in [0.717, 1.165) is 0 Å². The van der Waals surface area contributed by atoms with E-state index in [4.69, 9.17) is 5.73 Å². The molecule has 0 saturated heterocycles. The number of nitrogens with two attached hydrogens (primary N) is 1. The maximum Gasteiger partial charge on any atom is 0.573 e. The fourth-order valence-corrected chi connectivity index (χ4v) is 3.14. The molecule has 0 amide bonds. The fourth-order valence-electron chi connectivity index (χ4n) is 1.88. The van der Waals surface area contributed by atoms with Gasteiger partial charge >= 0.3 is 6.36 Å². The molecule has 23 heavy (non-hydrogen) atoms. The van der Waals surface area contributed by atoms with Gasteiger partial charge in [0.1, 0.15) is 11.5 Å². The Bertz CT molecular complexity index is 681. The Kier molecular flexibility index (Phi) is 6.76. The average Bonchev–Trinajstić information content (AvgIpc) is 2.41. The number of phenolic OH excluding ortho intramolecular Hbond substituents is 1. The lowest BCUT2D eigenvalue weighted by molar-refractivity contribution is -0.274. The normalized spacial score (nSPS) is 12.4. The number of halogens is 6. The van der Waals surface area contributed by atoms with Gasteiger partial charge in [-0.1, -0.05) is 28.1 Å². The first-order chi connectivity index (χ1) is 10.2. The molecule has 3 N–H and O–H groups in total. The van der Waals surface area contributed by atoms with Gasteiger partial charge in [0.05, 0.1) is 10.5 Å². The van der Waals surface area contributed by atoms with Crippen LogP contribution in [0.5, 0.6) is 11.5 Å². The molecule has 0 fully saturated rings. The van der Waals surface area contributed by atoms with E-state index in [2.05, 4.69) is 36.6 Å². The third-order valence-electron chi connectivity index (χ3n) is 2.87. The largest absolute Gasteiger partial charge is 0.573 e. The topological polar surface area (TPSA) is 55.5 Å². The maximum absolute atomic E-state index is 12.1. The monoisotopic (exact) mass is 475 g/mol. The number of benzene rings is 2. The molecule has 0 aliphatic heterocycles. The molecule has 2 aromatic rings. The average molecular weight is 478 g/mol. The molecule has 0 unspecified atom stereocenters. The summed E-state index contributed by atoms with van der Waals surface area (Å²) in [6, 6.07) is 7.78. The summed E-state index contributed by atoms with van der Waals surface area (Å²) in [6.45, 7) is 0. The van der Waals surface area contributed by atoms with Crippen molar-refractivity contribution in [3.63, 3.8) is 0 Å². The quantitative estimate of drug-likeness (QED) is 0.632. The minimum absolute atomic E-state index is 0. The summed E-state index contributed by atoms with van der Waals surface area (Å²) in [5.74, 6) is -0.352. The van der Waals surface area contributed by atoms with E-state index in [1.807, 2.05) is 0 Å². The molecular formula is C14H11Br2ClF3NO2. The number of rotatable bonds is 3. The van der Waals surface area contributed by atoms with E-state index in [-0.39, 0.29) is 23.9 Å². The molecule has 0 saturated carbocycles. The zero-order chi connectivity index (χ0) is 16.5. The molecule has 0 heterocycles. The van der Waals surface area contributed by atoms with Crippen LogP contribution < -0.4 is 10.5 Å². The summed E-state index contributed by atoms with van der Waals surface area (Å²) in [5, 5.41) is 10.0. The minimum atomic E-state index is -4.74. The van der Waals surface area contributed by atoms with Gasteiger partial charge < -0.3 is 15.6 Å². The third-order valence-corrected chi connectivity index (χ3v) is 3.93. The SMILES string of the molecule is Cl.N[C@@H](c1ccc(OC(F)(F)F)cc1)c1cc(Br)cc(Br)c1O. The van der Waals surface area contributed by atoms with E-state index in [9.17, 15) is 18.3 Å². The fraction of sp³-hybridized carbons (Fsp3) is 0.143. The zero-order valence-electron chi connectivity index (χ0n) is 11.3. The molecule has 3 nitrogen and oxygen atoms in total. The highest BCUT2D eigenvalue weighted by Crippen LogP contribution is 2.37. The first kappa shape index (κ1) is 20.1. The standard InChI is InChI=1S/C14H10Br2F3NO2.ClH/c15-8-5-10(13(21)11(16)6-8)12(20)7-1-3-9(4-2-7)22-14(17,18)19;/h1-6,12,21H,20H2;1H/t12-;/m0./s1. The highest BCUT2D eigenvalue weighted by Gasteiger charge is 2.31. The smallest absolute Gasteiger partial charge is 0.506 e. The highest BCUT2D eigenvalue weighted by molar-refractivity contribution is 9.11. The Balaban J connectivity index is 0.00000264. The molecule has 0 aliphatic carbocycles. The Labute approximate surface area is 153 Å². The Morgan fingerprint density at radius 2 is 1.65 bits per heavy atom. The van der Waals surface area contributed by atoms with Crippen LogP contribution in [0.1, 0.15) is 17.2 Å². The molecule has 1 atom stereocenters. The lowest BCUT2D eigenvalue weighted by Gasteiger charge is -2.16. The van der Waals surface area contributed by atoms with Crippen molar-refractivity contribution in [1.29, 1.82) is 0 Å². The second kappa shape index (κ2) is 7.74. The molecule has 0 aliphatic rings. The van der Waals surface area contributed by atoms with Gasteiger partial charge in [0, 0.05) is 10.0 Å². The summed E-state index contributed by atoms with van der Waals surface area (Å²) < 4.78 is 41.3. The van der Waals surface area contributed by atoms with E-state index in [1.165, 1.54) is 24.3 Å². The number of alkyl halides is 3. The van der Waals surface area contributed by atoms with Gasteiger partial charge in [-0.15, -0.1) is 25.6 Å². The van der Waals surface area contributed by atoms with E-state index < -0.39 is 12.4 Å². The molecule has 0 spiro atoms. The highest BCUT2D eigenvalue weighted by atomic mass is 79.9. The Morgan fingerprint density at radius 1 is 1.09 bits per heavy atom. The van der Waals surface area contributed by atoms with E-state index in [1.54, 1.807) is 12.1 Å². The Hall–Kier alpha value is -0.960. The lowest BCUT2D eigenvalue weighted by atomic mass is 9.99. The van der Waals surface area contributed by atoms with Gasteiger partial charge in [-0.3, -0.25) is 0 Å². The van der Waals surface area contributed by atoms with Gasteiger partial charge in [0.25, 0.3) is 0 Å². The zero-order valence-corrected chi connectivity index (χ0v) is 15.3. The molecular weight excluding hydrogens is 466 g/mol. The minimum Gasteiger partial charge on any atom is -0.506 e. The number of aromatic hydroxyl groups is 1. The van der Waals surface area contributed by atoms with Crippen molar-refractivity contribution in [2.75, 3.05) is 0 Å². The molecule has 0 aromatic heterocycles. The predicted molar refractivity (Wildman–Crippen MR) is 89.9 cm³/mol. The van der Waals surface area contributed by atoms with Crippen LogP contribution >= 0.6 is 44.3 Å². The summed E-state index contributed by atoms with van der Waals surface area (Å²) in [7, 11) is 0. The van der Waals surface area contributed by atoms with Crippen LogP contribution in [0.2, 0.25) is 0 Å². The van der Waals surface area contributed by atoms with Gasteiger partial charge in [-0.05, 0) is 45.8 Å². The molecule has 2 aromatic carbocycles. The van der Waals surface area contributed by atoms with Crippen LogP contribution in [-0.2, 0) is 0 Å². The summed E-state index contributed by atoms with van der Waals surface area (Å²) >= 11 is 6.49. The number of hydrogen-bond donors (Lipinski definition) is 2. The van der Waals surface area contributed by atoms with Crippen molar-refractivity contribution in [2.45, 2.75) is 12.4 Å². The van der Waals surface area contributed by atoms with Crippen LogP contribution in [-0.4, -0.2) is 11.5 Å². The van der Waals surface area contributed by atoms with Gasteiger partial charge in [-0.25, -0.2) is 0 Å².